The molecule has 0 bridgehead atoms. The Morgan fingerprint density at radius 2 is 2.50 bits per heavy atom. The van der Waals surface area contributed by atoms with E-state index < -0.39 is 0 Å². The van der Waals surface area contributed by atoms with Gasteiger partial charge in [0.2, 0.25) is 0 Å². The van der Waals surface area contributed by atoms with Gasteiger partial charge in [-0.15, -0.1) is 11.3 Å². The van der Waals surface area contributed by atoms with Crippen LogP contribution in [0.15, 0.2) is 10.5 Å². The predicted octanol–water partition coefficient (Wildman–Crippen LogP) is 2.70. The molecule has 0 spiro atoms. The van der Waals surface area contributed by atoms with Crippen molar-refractivity contribution in [2.24, 2.45) is 5.73 Å². The Balaban J connectivity index is 1.97. The van der Waals surface area contributed by atoms with E-state index in [1.54, 1.807) is 11.3 Å². The first-order valence-electron chi connectivity index (χ1n) is 4.57. The van der Waals surface area contributed by atoms with E-state index in [2.05, 4.69) is 26.9 Å². The molecule has 14 heavy (non-hydrogen) atoms. The molecule has 1 aromatic heterocycles. The Morgan fingerprint density at radius 1 is 1.71 bits per heavy atom. The number of hydrogen-bond acceptors (Lipinski definition) is 3. The van der Waals surface area contributed by atoms with Crippen LogP contribution in [0.5, 0.6) is 0 Å². The monoisotopic (exact) mass is 294 g/mol. The van der Waals surface area contributed by atoms with Gasteiger partial charge >= 0.3 is 0 Å². The van der Waals surface area contributed by atoms with Gasteiger partial charge in [0, 0.05) is 35.0 Å². The molecule has 0 aliphatic carbocycles. The van der Waals surface area contributed by atoms with Crippen molar-refractivity contribution in [1.29, 1.82) is 0 Å². The average molecular weight is 296 g/mol. The van der Waals surface area contributed by atoms with E-state index in [0.29, 0.717) is 6.04 Å². The van der Waals surface area contributed by atoms with Gasteiger partial charge in [-0.1, -0.05) is 11.6 Å². The Bertz CT molecular complexity index is 309. The van der Waals surface area contributed by atoms with E-state index in [1.165, 1.54) is 4.88 Å². The molecule has 1 aliphatic heterocycles. The fraction of sp³-hybridized carbons (Fsp3) is 0.556. The first-order chi connectivity index (χ1) is 6.65. The minimum absolute atomic E-state index is 0.355. The molecule has 2 heterocycles. The van der Waals surface area contributed by atoms with Crippen LogP contribution < -0.4 is 5.73 Å². The molecule has 0 amide bonds. The summed E-state index contributed by atoms with van der Waals surface area (Å²) in [5, 5.41) is 0. The molecule has 2 N–H and O–H groups in total. The molecule has 1 aliphatic rings. The number of halogens is 2. The molecule has 1 fully saturated rings. The summed E-state index contributed by atoms with van der Waals surface area (Å²) in [4.78, 5) is 3.68. The van der Waals surface area contributed by atoms with E-state index in [1.807, 2.05) is 0 Å². The van der Waals surface area contributed by atoms with Crippen molar-refractivity contribution < 1.29 is 0 Å². The third-order valence-electron chi connectivity index (χ3n) is 2.38. The van der Waals surface area contributed by atoms with Crippen LogP contribution in [0.2, 0.25) is 4.34 Å². The Morgan fingerprint density at radius 3 is 3.00 bits per heavy atom. The molecule has 1 atom stereocenters. The maximum absolute atomic E-state index is 5.97. The highest BCUT2D eigenvalue weighted by atomic mass is 79.9. The summed E-state index contributed by atoms with van der Waals surface area (Å²) in [5.74, 6) is 0. The normalized spacial score (nSPS) is 23.2. The van der Waals surface area contributed by atoms with E-state index in [0.717, 1.165) is 34.9 Å². The number of nitrogens with two attached hydrogens (primary N) is 1. The fourth-order valence-corrected chi connectivity index (χ4v) is 3.53. The summed E-state index contributed by atoms with van der Waals surface area (Å²) < 4.78 is 1.84. The lowest BCUT2D eigenvalue weighted by atomic mass is 10.3. The lowest BCUT2D eigenvalue weighted by Crippen LogP contribution is -2.25. The summed E-state index contributed by atoms with van der Waals surface area (Å²) >= 11 is 11.0. The summed E-state index contributed by atoms with van der Waals surface area (Å²) in [6, 6.07) is 2.45. The number of thiophene rings is 1. The molecule has 0 radical (unpaired) electrons. The molecule has 2 rings (SSSR count). The van der Waals surface area contributed by atoms with Gasteiger partial charge in [0.25, 0.3) is 0 Å². The van der Waals surface area contributed by atoms with Gasteiger partial charge in [-0.25, -0.2) is 0 Å². The second-order valence-corrected chi connectivity index (χ2v) is 6.21. The number of nitrogens with zero attached hydrogens (tertiary/aromatic N) is 1. The Hall–Kier alpha value is 0.390. The largest absolute Gasteiger partial charge is 0.326 e. The number of rotatable bonds is 2. The smallest absolute Gasteiger partial charge is 0.107 e. The van der Waals surface area contributed by atoms with Crippen LogP contribution in [0.25, 0.3) is 0 Å². The van der Waals surface area contributed by atoms with Crippen LogP contribution in [-0.4, -0.2) is 24.0 Å². The zero-order chi connectivity index (χ0) is 10.1. The van der Waals surface area contributed by atoms with Gasteiger partial charge in [-0.05, 0) is 28.4 Å². The van der Waals surface area contributed by atoms with Gasteiger partial charge in [-0.2, -0.15) is 0 Å². The van der Waals surface area contributed by atoms with Gasteiger partial charge in [-0.3, -0.25) is 4.90 Å². The highest BCUT2D eigenvalue weighted by Crippen LogP contribution is 2.32. The van der Waals surface area contributed by atoms with Gasteiger partial charge in [0.1, 0.15) is 4.34 Å². The zero-order valence-electron chi connectivity index (χ0n) is 7.67. The van der Waals surface area contributed by atoms with E-state index in [4.69, 9.17) is 17.3 Å². The van der Waals surface area contributed by atoms with Gasteiger partial charge in [0.15, 0.2) is 0 Å². The molecular formula is C9H12BrClN2S. The first kappa shape index (κ1) is 10.9. The maximum atomic E-state index is 5.97. The summed E-state index contributed by atoms with van der Waals surface area (Å²) in [5.41, 5.74) is 5.84. The minimum atomic E-state index is 0.355. The van der Waals surface area contributed by atoms with Gasteiger partial charge < -0.3 is 5.73 Å². The second kappa shape index (κ2) is 4.49. The molecule has 2 nitrogen and oxygen atoms in total. The third kappa shape index (κ3) is 2.49. The minimum Gasteiger partial charge on any atom is -0.326 e. The van der Waals surface area contributed by atoms with Crippen molar-refractivity contribution >= 4 is 38.9 Å². The highest BCUT2D eigenvalue weighted by Gasteiger charge is 2.19. The molecule has 0 aromatic carbocycles. The topological polar surface area (TPSA) is 29.3 Å². The Labute approximate surface area is 101 Å². The number of likely N-dealkylation sites (tertiary alicyclic amines) is 1. The summed E-state index contributed by atoms with van der Waals surface area (Å²) in [6.07, 6.45) is 1.11. The van der Waals surface area contributed by atoms with Crippen LogP contribution in [0.3, 0.4) is 0 Å². The summed E-state index contributed by atoms with van der Waals surface area (Å²) in [6.45, 7) is 3.09. The zero-order valence-corrected chi connectivity index (χ0v) is 10.8. The van der Waals surface area contributed by atoms with Crippen molar-refractivity contribution in [3.63, 3.8) is 0 Å². The maximum Gasteiger partial charge on any atom is 0.107 e. The SMILES string of the molecule is N[C@H]1CCN(Cc2cc(Br)c(Cl)s2)C1. The van der Waals surface area contributed by atoms with Crippen LogP contribution in [0, 0.1) is 0 Å². The summed E-state index contributed by atoms with van der Waals surface area (Å²) in [7, 11) is 0. The molecule has 1 saturated heterocycles. The van der Waals surface area contributed by atoms with Crippen molar-refractivity contribution in [3.05, 3.63) is 19.8 Å². The van der Waals surface area contributed by atoms with Crippen LogP contribution in [0.1, 0.15) is 11.3 Å². The molecule has 78 valence electrons. The first-order valence-corrected chi connectivity index (χ1v) is 6.55. The standard InChI is InChI=1S/C9H12BrClN2S/c10-8-3-7(14-9(8)11)5-13-2-1-6(12)4-13/h3,6H,1-2,4-5,12H2/t6-/m0/s1. The molecular weight excluding hydrogens is 284 g/mol. The van der Waals surface area contributed by atoms with Gasteiger partial charge in [0.05, 0.1) is 0 Å². The quantitative estimate of drug-likeness (QED) is 0.909. The van der Waals surface area contributed by atoms with E-state index >= 15 is 0 Å². The van der Waals surface area contributed by atoms with Crippen molar-refractivity contribution in [1.82, 2.24) is 4.90 Å². The van der Waals surface area contributed by atoms with E-state index in [9.17, 15) is 0 Å². The van der Waals surface area contributed by atoms with Crippen LogP contribution in [0.4, 0.5) is 0 Å². The van der Waals surface area contributed by atoms with E-state index in [-0.39, 0.29) is 0 Å². The number of hydrogen-bond donors (Lipinski definition) is 1. The second-order valence-electron chi connectivity index (χ2n) is 3.62. The molecule has 5 heteroatoms. The predicted molar refractivity (Wildman–Crippen MR) is 64.9 cm³/mol. The Kier molecular flexibility index (Phi) is 3.50. The molecule has 1 aromatic rings. The van der Waals surface area contributed by atoms with Crippen LogP contribution in [-0.2, 0) is 6.54 Å². The lowest BCUT2D eigenvalue weighted by molar-refractivity contribution is 0.330. The molecule has 0 unspecified atom stereocenters. The lowest BCUT2D eigenvalue weighted by Gasteiger charge is -2.12. The van der Waals surface area contributed by atoms with Crippen molar-refractivity contribution in [2.45, 2.75) is 19.0 Å². The van der Waals surface area contributed by atoms with Crippen LogP contribution >= 0.6 is 38.9 Å². The fourth-order valence-electron chi connectivity index (χ4n) is 1.70. The highest BCUT2D eigenvalue weighted by molar-refractivity contribution is 9.10. The average Bonchev–Trinajstić information content (AvgIpc) is 2.62. The van der Waals surface area contributed by atoms with Crippen molar-refractivity contribution in [3.8, 4) is 0 Å². The molecule has 0 saturated carbocycles. The van der Waals surface area contributed by atoms with Crippen molar-refractivity contribution in [2.75, 3.05) is 13.1 Å². The third-order valence-corrected chi connectivity index (χ3v) is 4.84.